The van der Waals surface area contributed by atoms with E-state index in [1.807, 2.05) is 0 Å². The third-order valence-electron chi connectivity index (χ3n) is 2.00. The number of H-pyrrole nitrogens is 1. The lowest BCUT2D eigenvalue weighted by Crippen LogP contribution is -2.11. The lowest BCUT2D eigenvalue weighted by molar-refractivity contribution is 0.884. The highest BCUT2D eigenvalue weighted by Gasteiger charge is 2.13. The van der Waals surface area contributed by atoms with Crippen molar-refractivity contribution in [1.82, 2.24) is 19.5 Å². The van der Waals surface area contributed by atoms with Crippen molar-refractivity contribution >= 4 is 23.3 Å². The predicted octanol–water partition coefficient (Wildman–Crippen LogP) is -0.165. The Labute approximate surface area is 72.0 Å². The number of rotatable bonds is 0. The van der Waals surface area contributed by atoms with E-state index in [0.717, 1.165) is 0 Å². The van der Waals surface area contributed by atoms with Gasteiger partial charge in [0.15, 0.2) is 11.2 Å². The van der Waals surface area contributed by atoms with Gasteiger partial charge in [-0.3, -0.25) is 9.36 Å². The van der Waals surface area contributed by atoms with Crippen molar-refractivity contribution in [2.24, 2.45) is 4.99 Å². The number of aromatic nitrogens is 4. The van der Waals surface area contributed by atoms with E-state index < -0.39 is 0 Å². The topological polar surface area (TPSA) is 75.9 Å². The van der Waals surface area contributed by atoms with Crippen molar-refractivity contribution in [2.75, 3.05) is 0 Å². The average molecular weight is 175 g/mol. The SMILES string of the molecule is O=c1nc2n(c3nc[nH]c13)CC=N2. The highest BCUT2D eigenvalue weighted by Crippen LogP contribution is 2.15. The first-order valence-electron chi connectivity index (χ1n) is 3.83. The van der Waals surface area contributed by atoms with Gasteiger partial charge < -0.3 is 4.98 Å². The van der Waals surface area contributed by atoms with Gasteiger partial charge in [-0.1, -0.05) is 0 Å². The lowest BCUT2D eigenvalue weighted by atomic mass is 10.5. The van der Waals surface area contributed by atoms with Gasteiger partial charge in [-0.2, -0.15) is 4.98 Å². The van der Waals surface area contributed by atoms with Crippen LogP contribution in [-0.2, 0) is 6.54 Å². The summed E-state index contributed by atoms with van der Waals surface area (Å²) < 4.78 is 1.78. The molecule has 0 atom stereocenters. The fraction of sp³-hybridized carbons (Fsp3) is 0.143. The maximum absolute atomic E-state index is 11.3. The fourth-order valence-electron chi connectivity index (χ4n) is 1.42. The smallest absolute Gasteiger partial charge is 0.300 e. The molecule has 0 radical (unpaired) electrons. The molecule has 3 rings (SSSR count). The number of hydrogen-bond acceptors (Lipinski definition) is 4. The van der Waals surface area contributed by atoms with E-state index in [2.05, 4.69) is 19.9 Å². The van der Waals surface area contributed by atoms with Crippen molar-refractivity contribution in [2.45, 2.75) is 6.54 Å². The second-order valence-electron chi connectivity index (χ2n) is 2.74. The van der Waals surface area contributed by atoms with E-state index >= 15 is 0 Å². The van der Waals surface area contributed by atoms with E-state index in [-0.39, 0.29) is 5.56 Å². The molecule has 0 unspecified atom stereocenters. The minimum absolute atomic E-state index is 0.308. The van der Waals surface area contributed by atoms with Crippen LogP contribution >= 0.6 is 0 Å². The van der Waals surface area contributed by atoms with Crippen LogP contribution in [-0.4, -0.2) is 25.7 Å². The van der Waals surface area contributed by atoms with Crippen LogP contribution in [0.5, 0.6) is 0 Å². The van der Waals surface area contributed by atoms with Crippen LogP contribution in [0.2, 0.25) is 0 Å². The summed E-state index contributed by atoms with van der Waals surface area (Å²) in [4.78, 5) is 25.9. The molecule has 6 heteroatoms. The number of aliphatic imine (C=N–C) groups is 1. The molecule has 2 aromatic rings. The van der Waals surface area contributed by atoms with Crippen LogP contribution < -0.4 is 5.56 Å². The quantitative estimate of drug-likeness (QED) is 0.604. The highest BCUT2D eigenvalue weighted by molar-refractivity contribution is 5.76. The van der Waals surface area contributed by atoms with Crippen LogP contribution in [0.15, 0.2) is 16.1 Å². The second kappa shape index (κ2) is 2.03. The largest absolute Gasteiger partial charge is 0.339 e. The molecule has 3 heterocycles. The minimum atomic E-state index is -0.308. The van der Waals surface area contributed by atoms with Crippen molar-refractivity contribution in [1.29, 1.82) is 0 Å². The Morgan fingerprint density at radius 2 is 2.46 bits per heavy atom. The Kier molecular flexibility index (Phi) is 1.02. The summed E-state index contributed by atoms with van der Waals surface area (Å²) in [6.45, 7) is 0.629. The molecule has 6 nitrogen and oxygen atoms in total. The number of aromatic amines is 1. The minimum Gasteiger partial charge on any atom is -0.339 e. The fourth-order valence-corrected chi connectivity index (χ4v) is 1.42. The summed E-state index contributed by atoms with van der Waals surface area (Å²) >= 11 is 0. The summed E-state index contributed by atoms with van der Waals surface area (Å²) in [6, 6.07) is 0. The van der Waals surface area contributed by atoms with Gasteiger partial charge in [0.2, 0.25) is 5.95 Å². The third-order valence-corrected chi connectivity index (χ3v) is 2.00. The first-order chi connectivity index (χ1) is 6.36. The Balaban J connectivity index is 2.59. The first-order valence-corrected chi connectivity index (χ1v) is 3.83. The molecule has 0 fully saturated rings. The molecule has 1 aliphatic rings. The molecule has 0 saturated heterocycles. The van der Waals surface area contributed by atoms with Gasteiger partial charge in [0.1, 0.15) is 0 Å². The highest BCUT2D eigenvalue weighted by atomic mass is 16.1. The van der Waals surface area contributed by atoms with Gasteiger partial charge in [0, 0.05) is 6.21 Å². The molecule has 64 valence electrons. The number of fused-ring (bicyclic) bond motifs is 3. The van der Waals surface area contributed by atoms with E-state index in [1.165, 1.54) is 6.33 Å². The van der Waals surface area contributed by atoms with Crippen molar-refractivity contribution in [3.05, 3.63) is 16.7 Å². The second-order valence-corrected chi connectivity index (χ2v) is 2.74. The average Bonchev–Trinajstić information content (AvgIpc) is 2.66. The maximum atomic E-state index is 11.3. The van der Waals surface area contributed by atoms with Crippen LogP contribution in [0.3, 0.4) is 0 Å². The van der Waals surface area contributed by atoms with Gasteiger partial charge in [-0.25, -0.2) is 9.98 Å². The number of nitrogens with one attached hydrogen (secondary N) is 1. The predicted molar refractivity (Wildman–Crippen MR) is 46.3 cm³/mol. The van der Waals surface area contributed by atoms with E-state index in [1.54, 1.807) is 10.8 Å². The molecule has 0 spiro atoms. The normalized spacial score (nSPS) is 13.8. The van der Waals surface area contributed by atoms with Crippen molar-refractivity contribution < 1.29 is 0 Å². The van der Waals surface area contributed by atoms with Crippen LogP contribution in [0.1, 0.15) is 0 Å². The Morgan fingerprint density at radius 3 is 3.38 bits per heavy atom. The van der Waals surface area contributed by atoms with Crippen LogP contribution in [0, 0.1) is 0 Å². The standard InChI is InChI=1S/C7H5N5O/c13-6-4-5(10-3-9-4)12-2-1-8-7(12)11-6/h1,3H,2H2,(H,9,10). The Hall–Kier alpha value is -1.98. The molecule has 0 saturated carbocycles. The van der Waals surface area contributed by atoms with Gasteiger partial charge in [-0.15, -0.1) is 0 Å². The molecular weight excluding hydrogens is 170 g/mol. The van der Waals surface area contributed by atoms with E-state index in [4.69, 9.17) is 0 Å². The number of hydrogen-bond donors (Lipinski definition) is 1. The van der Waals surface area contributed by atoms with Crippen molar-refractivity contribution in [3.8, 4) is 0 Å². The molecule has 1 aliphatic heterocycles. The zero-order chi connectivity index (χ0) is 8.84. The summed E-state index contributed by atoms with van der Waals surface area (Å²) in [5.41, 5.74) is 0.750. The van der Waals surface area contributed by atoms with Gasteiger partial charge in [0.25, 0.3) is 0 Å². The van der Waals surface area contributed by atoms with Gasteiger partial charge in [-0.05, 0) is 0 Å². The monoisotopic (exact) mass is 175 g/mol. The molecule has 1 N–H and O–H groups in total. The molecule has 0 bridgehead atoms. The summed E-state index contributed by atoms with van der Waals surface area (Å²) in [7, 11) is 0. The zero-order valence-electron chi connectivity index (χ0n) is 6.56. The lowest BCUT2D eigenvalue weighted by Gasteiger charge is -1.99. The molecule has 0 aliphatic carbocycles. The van der Waals surface area contributed by atoms with Crippen molar-refractivity contribution in [3.63, 3.8) is 0 Å². The Bertz CT molecular complexity index is 564. The molecule has 2 aromatic heterocycles. The first kappa shape index (κ1) is 6.53. The molecule has 13 heavy (non-hydrogen) atoms. The summed E-state index contributed by atoms with van der Waals surface area (Å²) in [5, 5.41) is 0. The van der Waals surface area contributed by atoms with Gasteiger partial charge in [0.05, 0.1) is 12.9 Å². The maximum Gasteiger partial charge on any atom is 0.300 e. The third kappa shape index (κ3) is 0.715. The summed E-state index contributed by atoms with van der Waals surface area (Å²) in [5.74, 6) is 0.435. The molecular formula is C7H5N5O. The van der Waals surface area contributed by atoms with Crippen LogP contribution in [0.25, 0.3) is 11.2 Å². The van der Waals surface area contributed by atoms with Gasteiger partial charge >= 0.3 is 5.56 Å². The number of nitrogens with zero attached hydrogens (tertiary/aromatic N) is 4. The van der Waals surface area contributed by atoms with Crippen LogP contribution in [0.4, 0.5) is 5.95 Å². The zero-order valence-corrected chi connectivity index (χ0v) is 6.56. The van der Waals surface area contributed by atoms with E-state index in [9.17, 15) is 4.79 Å². The number of imidazole rings is 1. The Morgan fingerprint density at radius 1 is 1.54 bits per heavy atom. The molecule has 0 amide bonds. The summed E-state index contributed by atoms with van der Waals surface area (Å²) in [6.07, 6.45) is 3.19. The molecule has 0 aromatic carbocycles. The van der Waals surface area contributed by atoms with E-state index in [0.29, 0.717) is 23.7 Å².